The maximum atomic E-state index is 12.5. The van der Waals surface area contributed by atoms with Gasteiger partial charge in [0.2, 0.25) is 11.8 Å². The molecule has 9 nitrogen and oxygen atoms in total. The lowest BCUT2D eigenvalue weighted by Gasteiger charge is -2.21. The smallest absolute Gasteiger partial charge is 0.353 e. The molecule has 0 spiro atoms. The molecule has 4 aromatic rings. The molecule has 0 saturated heterocycles. The van der Waals surface area contributed by atoms with Crippen LogP contribution in [0.5, 0.6) is 5.88 Å². The minimum atomic E-state index is -0.507. The number of amides is 1. The first kappa shape index (κ1) is 25.2. The molecule has 2 N–H and O–H groups in total. The van der Waals surface area contributed by atoms with E-state index in [-0.39, 0.29) is 17.7 Å². The molecule has 39 heavy (non-hydrogen) atoms. The number of carbonyl (C=O) groups excluding carboxylic acids is 2. The number of anilines is 2. The summed E-state index contributed by atoms with van der Waals surface area (Å²) < 4.78 is 11.0. The third-order valence-electron chi connectivity index (χ3n) is 6.99. The summed E-state index contributed by atoms with van der Waals surface area (Å²) in [5.41, 5.74) is 5.29. The Morgan fingerprint density at radius 2 is 1.95 bits per heavy atom. The van der Waals surface area contributed by atoms with E-state index in [4.69, 9.17) is 14.5 Å². The normalized spacial score (nSPS) is 14.5. The molecule has 200 valence electrons. The highest BCUT2D eigenvalue weighted by atomic mass is 32.1. The summed E-state index contributed by atoms with van der Waals surface area (Å²) in [6, 6.07) is 11.7. The van der Waals surface area contributed by atoms with E-state index in [0.717, 1.165) is 60.7 Å². The van der Waals surface area contributed by atoms with Gasteiger partial charge in [-0.1, -0.05) is 18.2 Å². The minimum absolute atomic E-state index is 0.0196. The van der Waals surface area contributed by atoms with Crippen LogP contribution < -0.4 is 15.4 Å². The van der Waals surface area contributed by atoms with E-state index in [9.17, 15) is 9.59 Å². The van der Waals surface area contributed by atoms with Crippen LogP contribution in [0, 0.1) is 5.92 Å². The Kier molecular flexibility index (Phi) is 7.10. The molecular weight excluding hydrogens is 514 g/mol. The molecular formula is C29H29N5O4S. The number of rotatable bonds is 9. The van der Waals surface area contributed by atoms with Gasteiger partial charge in [0, 0.05) is 41.0 Å². The Balaban J connectivity index is 1.18. The summed E-state index contributed by atoms with van der Waals surface area (Å²) in [4.78, 5) is 38.7. The summed E-state index contributed by atoms with van der Waals surface area (Å²) in [5.74, 6) is 0.232. The van der Waals surface area contributed by atoms with E-state index in [1.54, 1.807) is 18.3 Å². The van der Waals surface area contributed by atoms with E-state index in [1.807, 2.05) is 18.2 Å². The number of thiazole rings is 1. The van der Waals surface area contributed by atoms with Crippen molar-refractivity contribution < 1.29 is 19.1 Å². The lowest BCUT2D eigenvalue weighted by molar-refractivity contribution is -0.117. The van der Waals surface area contributed by atoms with Crippen LogP contribution in [0.15, 0.2) is 42.6 Å². The summed E-state index contributed by atoms with van der Waals surface area (Å²) >= 11 is 1.19. The number of hydrogen-bond acceptors (Lipinski definition) is 9. The molecule has 0 atom stereocenters. The molecule has 6 rings (SSSR count). The van der Waals surface area contributed by atoms with E-state index in [0.29, 0.717) is 28.9 Å². The highest BCUT2D eigenvalue weighted by Gasteiger charge is 2.30. The second-order valence-electron chi connectivity index (χ2n) is 9.75. The van der Waals surface area contributed by atoms with Crippen molar-refractivity contribution >= 4 is 45.6 Å². The van der Waals surface area contributed by atoms with Gasteiger partial charge in [0.1, 0.15) is 17.4 Å². The largest absolute Gasteiger partial charge is 0.475 e. The second-order valence-corrected chi connectivity index (χ2v) is 10.7. The number of hydrogen-bond donors (Lipinski definition) is 2. The molecule has 0 aliphatic heterocycles. The quantitative estimate of drug-likeness (QED) is 0.217. The maximum absolute atomic E-state index is 12.5. The van der Waals surface area contributed by atoms with E-state index >= 15 is 0 Å². The van der Waals surface area contributed by atoms with E-state index in [1.165, 1.54) is 29.7 Å². The van der Waals surface area contributed by atoms with Crippen LogP contribution in [-0.2, 0) is 22.4 Å². The Bertz CT molecular complexity index is 1550. The molecule has 0 bridgehead atoms. The third-order valence-corrected chi connectivity index (χ3v) is 8.05. The highest BCUT2D eigenvalue weighted by Crippen LogP contribution is 2.35. The second kappa shape index (κ2) is 11.0. The molecule has 3 heterocycles. The average Bonchev–Trinajstić information content (AvgIpc) is 3.74. The molecule has 1 saturated carbocycles. The topological polar surface area (TPSA) is 115 Å². The van der Waals surface area contributed by atoms with E-state index in [2.05, 4.69) is 26.7 Å². The van der Waals surface area contributed by atoms with Gasteiger partial charge in [-0.15, -0.1) is 11.3 Å². The number of fused-ring (bicyclic) bond motifs is 2. The molecule has 1 amide bonds. The Morgan fingerprint density at radius 1 is 1.10 bits per heavy atom. The fourth-order valence-corrected chi connectivity index (χ4v) is 5.78. The highest BCUT2D eigenvalue weighted by molar-refractivity contribution is 7.17. The van der Waals surface area contributed by atoms with Crippen molar-refractivity contribution in [2.24, 2.45) is 5.92 Å². The van der Waals surface area contributed by atoms with Crippen LogP contribution in [0.25, 0.3) is 21.5 Å². The molecule has 2 aliphatic carbocycles. The standard InChI is InChI=1S/C29H29N5O4S/c1-37-29(36)25-27(34-28(39-25)18-12-13-30-23(16-18)33-26(35)17-10-11-17)38-15-14-31-24-19-6-2-4-8-21(19)32-22-9-5-3-7-20(22)24/h2,4,6,8,12-13,16-17H,3,5,7,9-11,14-15H2,1H3,(H,31,32)(H,30,33,35). The monoisotopic (exact) mass is 543 g/mol. The minimum Gasteiger partial charge on any atom is -0.475 e. The zero-order valence-electron chi connectivity index (χ0n) is 21.7. The number of methoxy groups -OCH3 is 1. The van der Waals surface area contributed by atoms with Crippen molar-refractivity contribution in [2.75, 3.05) is 30.9 Å². The van der Waals surface area contributed by atoms with Gasteiger partial charge in [0.15, 0.2) is 4.88 Å². The van der Waals surface area contributed by atoms with Crippen molar-refractivity contribution in [3.05, 3.63) is 58.7 Å². The fraction of sp³-hybridized carbons (Fsp3) is 0.345. The van der Waals surface area contributed by atoms with Crippen LogP contribution in [0.1, 0.15) is 46.6 Å². The first-order valence-corrected chi connectivity index (χ1v) is 14.1. The van der Waals surface area contributed by atoms with Crippen molar-refractivity contribution in [2.45, 2.75) is 38.5 Å². The lowest BCUT2D eigenvalue weighted by Crippen LogP contribution is -2.16. The first-order chi connectivity index (χ1) is 19.1. The lowest BCUT2D eigenvalue weighted by atomic mass is 9.92. The third kappa shape index (κ3) is 5.42. The Labute approximate surface area is 230 Å². The predicted molar refractivity (Wildman–Crippen MR) is 150 cm³/mol. The summed E-state index contributed by atoms with van der Waals surface area (Å²) in [5, 5.41) is 8.11. The number of ether oxygens (including phenoxy) is 2. The molecule has 2 aliphatic rings. The number of aryl methyl sites for hydroxylation is 1. The maximum Gasteiger partial charge on any atom is 0.353 e. The van der Waals surface area contributed by atoms with Gasteiger partial charge < -0.3 is 20.1 Å². The number of benzene rings is 1. The zero-order valence-corrected chi connectivity index (χ0v) is 22.5. The van der Waals surface area contributed by atoms with Crippen molar-refractivity contribution in [1.29, 1.82) is 0 Å². The van der Waals surface area contributed by atoms with Crippen molar-refractivity contribution in [3.8, 4) is 16.5 Å². The SMILES string of the molecule is COC(=O)c1sc(-c2ccnc(NC(=O)C3CC3)c2)nc1OCCNc1c2c(nc3ccccc13)CCCC2. The summed E-state index contributed by atoms with van der Waals surface area (Å²) in [6.45, 7) is 0.832. The van der Waals surface area contributed by atoms with Crippen molar-refractivity contribution in [1.82, 2.24) is 15.0 Å². The van der Waals surface area contributed by atoms with Gasteiger partial charge in [-0.25, -0.2) is 14.8 Å². The Hall–Kier alpha value is -4.05. The van der Waals surface area contributed by atoms with Gasteiger partial charge in [-0.3, -0.25) is 9.78 Å². The molecule has 1 fully saturated rings. The summed E-state index contributed by atoms with van der Waals surface area (Å²) in [7, 11) is 1.34. The molecule has 0 unspecified atom stereocenters. The average molecular weight is 544 g/mol. The molecule has 0 radical (unpaired) electrons. The number of esters is 1. The first-order valence-electron chi connectivity index (χ1n) is 13.2. The number of nitrogens with zero attached hydrogens (tertiary/aromatic N) is 3. The molecule has 1 aromatic carbocycles. The fourth-order valence-electron chi connectivity index (χ4n) is 4.85. The van der Waals surface area contributed by atoms with Crippen LogP contribution in [0.4, 0.5) is 11.5 Å². The molecule has 3 aromatic heterocycles. The number of nitrogens with one attached hydrogen (secondary N) is 2. The predicted octanol–water partition coefficient (Wildman–Crippen LogP) is 5.26. The zero-order chi connectivity index (χ0) is 26.8. The van der Waals surface area contributed by atoms with Gasteiger partial charge in [-0.05, 0) is 62.3 Å². The van der Waals surface area contributed by atoms with Crippen LogP contribution >= 0.6 is 11.3 Å². The van der Waals surface area contributed by atoms with Gasteiger partial charge in [0.05, 0.1) is 12.6 Å². The van der Waals surface area contributed by atoms with Gasteiger partial charge in [-0.2, -0.15) is 0 Å². The number of carbonyl (C=O) groups is 2. The number of pyridine rings is 2. The van der Waals surface area contributed by atoms with Crippen LogP contribution in [0.3, 0.4) is 0 Å². The van der Waals surface area contributed by atoms with E-state index < -0.39 is 5.97 Å². The molecule has 10 heteroatoms. The van der Waals surface area contributed by atoms with Crippen LogP contribution in [-0.4, -0.2) is 47.1 Å². The van der Waals surface area contributed by atoms with Gasteiger partial charge in [0.25, 0.3) is 0 Å². The summed E-state index contributed by atoms with van der Waals surface area (Å²) in [6.07, 6.45) is 7.76. The Morgan fingerprint density at radius 3 is 2.79 bits per heavy atom. The number of para-hydroxylation sites is 1. The van der Waals surface area contributed by atoms with Gasteiger partial charge >= 0.3 is 5.97 Å². The van der Waals surface area contributed by atoms with Crippen LogP contribution in [0.2, 0.25) is 0 Å². The van der Waals surface area contributed by atoms with Crippen molar-refractivity contribution in [3.63, 3.8) is 0 Å². The number of aromatic nitrogens is 3.